The van der Waals surface area contributed by atoms with Gasteiger partial charge in [0.25, 0.3) is 10.2 Å². The zero-order valence-corrected chi connectivity index (χ0v) is 10.4. The van der Waals surface area contributed by atoms with Crippen LogP contribution in [-0.4, -0.2) is 14.8 Å². The molecule has 1 aromatic rings. The Bertz CT molecular complexity index is 518. The molecule has 0 saturated heterocycles. The molecule has 0 fully saturated rings. The molecular formula is C7H6BrF3N2O3S. The van der Waals surface area contributed by atoms with Crippen LogP contribution in [0.25, 0.3) is 0 Å². The van der Waals surface area contributed by atoms with Crippen LogP contribution in [-0.2, 0) is 10.2 Å². The summed E-state index contributed by atoms with van der Waals surface area (Å²) in [7, 11) is -4.18. The zero-order chi connectivity index (χ0) is 13.3. The van der Waals surface area contributed by atoms with Gasteiger partial charge in [-0.05, 0) is 18.2 Å². The largest absolute Gasteiger partial charge is 0.573 e. The van der Waals surface area contributed by atoms with Crippen LogP contribution in [0.15, 0.2) is 22.7 Å². The summed E-state index contributed by atoms with van der Waals surface area (Å²) in [5.41, 5.74) is -0.409. The van der Waals surface area contributed by atoms with E-state index in [0.717, 1.165) is 12.1 Å². The van der Waals surface area contributed by atoms with Gasteiger partial charge in [0.15, 0.2) is 5.75 Å². The molecule has 0 heterocycles. The van der Waals surface area contributed by atoms with Crippen molar-refractivity contribution in [1.29, 1.82) is 0 Å². The molecular weight excluding hydrogens is 329 g/mol. The Labute approximate surface area is 103 Å². The number of ether oxygens (including phenoxy) is 1. The van der Waals surface area contributed by atoms with Crippen LogP contribution in [0.5, 0.6) is 5.75 Å². The Balaban J connectivity index is 3.13. The van der Waals surface area contributed by atoms with Gasteiger partial charge in [0.2, 0.25) is 0 Å². The monoisotopic (exact) mass is 334 g/mol. The number of hydrogen-bond donors (Lipinski definition) is 2. The van der Waals surface area contributed by atoms with E-state index in [1.165, 1.54) is 6.07 Å². The van der Waals surface area contributed by atoms with Gasteiger partial charge in [0.1, 0.15) is 0 Å². The summed E-state index contributed by atoms with van der Waals surface area (Å²) in [5, 5.41) is 4.65. The highest BCUT2D eigenvalue weighted by Gasteiger charge is 2.32. The van der Waals surface area contributed by atoms with Crippen LogP contribution in [0, 0.1) is 0 Å². The van der Waals surface area contributed by atoms with Crippen LogP contribution in [0.1, 0.15) is 0 Å². The molecule has 1 aromatic carbocycles. The van der Waals surface area contributed by atoms with Crippen molar-refractivity contribution in [2.24, 2.45) is 5.14 Å². The van der Waals surface area contributed by atoms with Crippen LogP contribution >= 0.6 is 15.9 Å². The minimum Gasteiger partial charge on any atom is -0.403 e. The molecule has 0 unspecified atom stereocenters. The topological polar surface area (TPSA) is 81.4 Å². The first-order chi connectivity index (χ1) is 7.57. The second-order valence-corrected chi connectivity index (χ2v) is 5.05. The summed E-state index contributed by atoms with van der Waals surface area (Å²) in [6.45, 7) is 0. The van der Waals surface area contributed by atoms with Crippen molar-refractivity contribution in [2.45, 2.75) is 6.36 Å². The van der Waals surface area contributed by atoms with E-state index in [2.05, 4.69) is 25.8 Å². The van der Waals surface area contributed by atoms with Crippen LogP contribution < -0.4 is 14.6 Å². The maximum atomic E-state index is 12.0. The van der Waals surface area contributed by atoms with E-state index >= 15 is 0 Å². The average molecular weight is 335 g/mol. The van der Waals surface area contributed by atoms with E-state index in [0.29, 0.717) is 0 Å². The van der Waals surface area contributed by atoms with Crippen molar-refractivity contribution >= 4 is 31.8 Å². The maximum Gasteiger partial charge on any atom is 0.573 e. The summed E-state index contributed by atoms with van der Waals surface area (Å²) in [5.74, 6) is -0.707. The first-order valence-electron chi connectivity index (χ1n) is 3.93. The molecule has 0 amide bonds. The van der Waals surface area contributed by atoms with Gasteiger partial charge in [-0.25, -0.2) is 5.14 Å². The third-order valence-corrected chi connectivity index (χ3v) is 2.42. The molecule has 0 spiro atoms. The van der Waals surface area contributed by atoms with Crippen molar-refractivity contribution < 1.29 is 26.3 Å². The summed E-state index contributed by atoms with van der Waals surface area (Å²) in [6, 6.07) is 3.37. The fourth-order valence-electron chi connectivity index (χ4n) is 0.943. The van der Waals surface area contributed by atoms with Crippen LogP contribution in [0.3, 0.4) is 0 Å². The molecule has 3 N–H and O–H groups in total. The third-order valence-electron chi connectivity index (χ3n) is 1.42. The Kier molecular flexibility index (Phi) is 3.89. The van der Waals surface area contributed by atoms with Gasteiger partial charge in [-0.3, -0.25) is 4.72 Å². The zero-order valence-electron chi connectivity index (χ0n) is 7.95. The van der Waals surface area contributed by atoms with Crippen molar-refractivity contribution in [2.75, 3.05) is 4.72 Å². The number of benzene rings is 1. The van der Waals surface area contributed by atoms with Crippen LogP contribution in [0.4, 0.5) is 18.9 Å². The minimum atomic E-state index is -4.93. The highest BCUT2D eigenvalue weighted by atomic mass is 79.9. The summed E-state index contributed by atoms with van der Waals surface area (Å²) < 4.78 is 63.2. The predicted octanol–water partition coefficient (Wildman–Crippen LogP) is 1.96. The fourth-order valence-corrected chi connectivity index (χ4v) is 1.76. The van der Waals surface area contributed by atoms with Gasteiger partial charge in [-0.2, -0.15) is 8.42 Å². The van der Waals surface area contributed by atoms with Crippen molar-refractivity contribution in [3.8, 4) is 5.75 Å². The number of anilines is 1. The number of halogens is 4. The predicted molar refractivity (Wildman–Crippen MR) is 57.6 cm³/mol. The first-order valence-corrected chi connectivity index (χ1v) is 6.26. The Morgan fingerprint density at radius 2 is 1.94 bits per heavy atom. The van der Waals surface area contributed by atoms with Crippen molar-refractivity contribution in [3.05, 3.63) is 22.7 Å². The second kappa shape index (κ2) is 4.70. The average Bonchev–Trinajstić information content (AvgIpc) is 2.05. The lowest BCUT2D eigenvalue weighted by Crippen LogP contribution is -2.23. The molecule has 0 aromatic heterocycles. The lowest BCUT2D eigenvalue weighted by molar-refractivity contribution is -0.274. The molecule has 10 heteroatoms. The molecule has 1 rings (SSSR count). The molecule has 0 aliphatic heterocycles. The molecule has 5 nitrogen and oxygen atoms in total. The maximum absolute atomic E-state index is 12.0. The molecule has 0 atom stereocenters. The molecule has 0 bridgehead atoms. The van der Waals surface area contributed by atoms with Crippen molar-refractivity contribution in [3.63, 3.8) is 0 Å². The second-order valence-electron chi connectivity index (χ2n) is 2.84. The molecule has 0 aliphatic carbocycles. The van der Waals surface area contributed by atoms with Gasteiger partial charge in [0, 0.05) is 4.47 Å². The van der Waals surface area contributed by atoms with Crippen molar-refractivity contribution in [1.82, 2.24) is 0 Å². The summed E-state index contributed by atoms with van der Waals surface area (Å²) in [6.07, 6.45) is -4.93. The molecule has 96 valence electrons. The van der Waals surface area contributed by atoms with Gasteiger partial charge in [-0.1, -0.05) is 15.9 Å². The summed E-state index contributed by atoms with van der Waals surface area (Å²) in [4.78, 5) is 0. The number of hydrogen-bond acceptors (Lipinski definition) is 3. The number of nitrogens with two attached hydrogens (primary N) is 1. The van der Waals surface area contributed by atoms with E-state index in [4.69, 9.17) is 0 Å². The van der Waals surface area contributed by atoms with E-state index in [1.54, 1.807) is 4.72 Å². The molecule has 17 heavy (non-hydrogen) atoms. The first kappa shape index (κ1) is 14.1. The van der Waals surface area contributed by atoms with Gasteiger partial charge >= 0.3 is 6.36 Å². The van der Waals surface area contributed by atoms with Gasteiger partial charge in [0.05, 0.1) is 5.69 Å². The lowest BCUT2D eigenvalue weighted by atomic mass is 10.3. The van der Waals surface area contributed by atoms with E-state index < -0.39 is 28.0 Å². The fraction of sp³-hybridized carbons (Fsp3) is 0.143. The summed E-state index contributed by atoms with van der Waals surface area (Å²) >= 11 is 2.93. The smallest absolute Gasteiger partial charge is 0.403 e. The van der Waals surface area contributed by atoms with E-state index in [9.17, 15) is 21.6 Å². The number of rotatable bonds is 3. The normalized spacial score (nSPS) is 12.3. The SMILES string of the molecule is NS(=O)(=O)Nc1ccc(Br)cc1OC(F)(F)F. The highest BCUT2D eigenvalue weighted by molar-refractivity contribution is 9.10. The molecule has 0 saturated carbocycles. The number of alkyl halides is 3. The Hall–Kier alpha value is -1.00. The van der Waals surface area contributed by atoms with Gasteiger partial charge in [-0.15, -0.1) is 13.2 Å². The standard InChI is InChI=1S/C7H6BrF3N2O3S/c8-4-1-2-5(13-17(12,14)15)6(3-4)16-7(9,10)11/h1-3,13H,(H2,12,14,15). The Morgan fingerprint density at radius 1 is 1.35 bits per heavy atom. The Morgan fingerprint density at radius 3 is 2.41 bits per heavy atom. The lowest BCUT2D eigenvalue weighted by Gasteiger charge is -2.13. The van der Waals surface area contributed by atoms with Crippen LogP contribution in [0.2, 0.25) is 0 Å². The van der Waals surface area contributed by atoms with E-state index in [-0.39, 0.29) is 4.47 Å². The minimum absolute atomic E-state index is 0.289. The number of nitrogens with one attached hydrogen (secondary N) is 1. The quantitative estimate of drug-likeness (QED) is 0.886. The highest BCUT2D eigenvalue weighted by Crippen LogP contribution is 2.33. The van der Waals surface area contributed by atoms with E-state index in [1.807, 2.05) is 0 Å². The molecule has 0 aliphatic rings. The third kappa shape index (κ3) is 5.24. The van der Waals surface area contributed by atoms with Gasteiger partial charge < -0.3 is 4.74 Å². The molecule has 0 radical (unpaired) electrons.